The Balaban J connectivity index is 1.69. The van der Waals surface area contributed by atoms with Crippen molar-refractivity contribution in [2.45, 2.75) is 25.3 Å². The molecule has 0 aromatic carbocycles. The molecule has 4 rings (SSSR count). The molecule has 25 heavy (non-hydrogen) atoms. The van der Waals surface area contributed by atoms with Crippen LogP contribution in [0, 0.1) is 11.3 Å². The van der Waals surface area contributed by atoms with Gasteiger partial charge in [-0.05, 0) is 39.4 Å². The number of aromatic nitrogens is 1. The molecule has 2 fully saturated rings. The lowest BCUT2D eigenvalue weighted by Gasteiger charge is -2.50. The van der Waals surface area contributed by atoms with Crippen LogP contribution in [0.4, 0.5) is 0 Å². The zero-order chi connectivity index (χ0) is 17.8. The summed E-state index contributed by atoms with van der Waals surface area (Å²) in [4.78, 5) is 29.7. The van der Waals surface area contributed by atoms with Gasteiger partial charge in [0.2, 0.25) is 5.91 Å². The van der Waals surface area contributed by atoms with Crippen molar-refractivity contribution in [3.05, 3.63) is 34.2 Å². The second-order valence-corrected chi connectivity index (χ2v) is 8.44. The first kappa shape index (κ1) is 16.8. The molecule has 2 bridgehead atoms. The lowest BCUT2D eigenvalue weighted by Crippen LogP contribution is -2.59. The SMILES string of the molecule is CN(C)C[C@H]1[C@H]2C[C@H](CN(C(=O)C3(C)COC3)C2)c2cccc(=O)n21. The van der Waals surface area contributed by atoms with E-state index in [-0.39, 0.29) is 28.8 Å². The molecule has 1 amide bonds. The monoisotopic (exact) mass is 345 g/mol. The fraction of sp³-hybridized carbons (Fsp3) is 0.684. The van der Waals surface area contributed by atoms with Gasteiger partial charge in [0.25, 0.3) is 5.56 Å². The molecule has 0 aliphatic carbocycles. The molecule has 0 saturated carbocycles. The van der Waals surface area contributed by atoms with E-state index in [9.17, 15) is 9.59 Å². The summed E-state index contributed by atoms with van der Waals surface area (Å²) < 4.78 is 7.28. The van der Waals surface area contributed by atoms with Gasteiger partial charge in [-0.2, -0.15) is 0 Å². The van der Waals surface area contributed by atoms with Gasteiger partial charge in [0, 0.05) is 37.3 Å². The molecule has 0 N–H and O–H groups in total. The summed E-state index contributed by atoms with van der Waals surface area (Å²) >= 11 is 0. The number of amides is 1. The second kappa shape index (κ2) is 5.95. The molecule has 6 heteroatoms. The van der Waals surface area contributed by atoms with Crippen molar-refractivity contribution in [2.24, 2.45) is 11.3 Å². The van der Waals surface area contributed by atoms with Crippen LogP contribution in [0.2, 0.25) is 0 Å². The van der Waals surface area contributed by atoms with Gasteiger partial charge >= 0.3 is 0 Å². The van der Waals surface area contributed by atoms with E-state index in [0.29, 0.717) is 25.7 Å². The number of ether oxygens (including phenoxy) is 1. The summed E-state index contributed by atoms with van der Waals surface area (Å²) in [5.41, 5.74) is 0.806. The van der Waals surface area contributed by atoms with E-state index in [1.54, 1.807) is 6.07 Å². The molecule has 0 spiro atoms. The lowest BCUT2D eigenvalue weighted by molar-refractivity contribution is -0.171. The number of carbonyl (C=O) groups is 1. The maximum absolute atomic E-state index is 13.0. The third-order valence-corrected chi connectivity index (χ3v) is 6.00. The number of pyridine rings is 1. The Morgan fingerprint density at radius 3 is 2.72 bits per heavy atom. The predicted molar refractivity (Wildman–Crippen MR) is 94.6 cm³/mol. The van der Waals surface area contributed by atoms with E-state index < -0.39 is 0 Å². The Hall–Kier alpha value is -1.66. The number of fused-ring (bicyclic) bond motifs is 4. The van der Waals surface area contributed by atoms with E-state index in [2.05, 4.69) is 11.0 Å². The van der Waals surface area contributed by atoms with Crippen LogP contribution < -0.4 is 5.56 Å². The van der Waals surface area contributed by atoms with E-state index in [1.807, 2.05) is 36.6 Å². The van der Waals surface area contributed by atoms with Gasteiger partial charge in [0.05, 0.1) is 24.7 Å². The Bertz CT molecular complexity index is 738. The van der Waals surface area contributed by atoms with Crippen molar-refractivity contribution < 1.29 is 9.53 Å². The third kappa shape index (κ3) is 2.72. The van der Waals surface area contributed by atoms with Crippen molar-refractivity contribution in [3.8, 4) is 0 Å². The zero-order valence-electron chi connectivity index (χ0n) is 15.3. The number of likely N-dealkylation sites (N-methyl/N-ethyl adjacent to an activating group) is 1. The second-order valence-electron chi connectivity index (χ2n) is 8.44. The summed E-state index contributed by atoms with van der Waals surface area (Å²) in [5, 5.41) is 0. The van der Waals surface area contributed by atoms with Crippen molar-refractivity contribution in [1.29, 1.82) is 0 Å². The van der Waals surface area contributed by atoms with E-state index >= 15 is 0 Å². The van der Waals surface area contributed by atoms with E-state index in [0.717, 1.165) is 25.2 Å². The number of piperidine rings is 1. The van der Waals surface area contributed by atoms with Crippen molar-refractivity contribution in [3.63, 3.8) is 0 Å². The quantitative estimate of drug-likeness (QED) is 0.818. The number of likely N-dealkylation sites (tertiary alicyclic amines) is 1. The first-order valence-electron chi connectivity index (χ1n) is 9.12. The van der Waals surface area contributed by atoms with Crippen LogP contribution in [0.5, 0.6) is 0 Å². The average Bonchev–Trinajstić information content (AvgIpc) is 2.55. The maximum atomic E-state index is 13.0. The molecule has 1 aromatic heterocycles. The van der Waals surface area contributed by atoms with Crippen molar-refractivity contribution in [1.82, 2.24) is 14.4 Å². The molecule has 136 valence electrons. The Kier molecular flexibility index (Phi) is 4.00. The summed E-state index contributed by atoms with van der Waals surface area (Å²) in [6.45, 7) is 5.31. The standard InChI is InChI=1S/C19H27N3O3/c1-19(11-25-12-19)18(24)21-8-13-7-14(9-21)16(10-20(2)3)22-15(13)5-4-6-17(22)23/h4-6,13-14,16H,7-12H2,1-3H3/t13-,14+,16+/m1/s1. The topological polar surface area (TPSA) is 54.8 Å². The Morgan fingerprint density at radius 1 is 1.32 bits per heavy atom. The number of hydrogen-bond donors (Lipinski definition) is 0. The van der Waals surface area contributed by atoms with Crippen LogP contribution in [-0.2, 0) is 9.53 Å². The van der Waals surface area contributed by atoms with Crippen LogP contribution in [0.3, 0.4) is 0 Å². The lowest BCUT2D eigenvalue weighted by atomic mass is 9.77. The molecular formula is C19H27N3O3. The Labute approximate surface area is 148 Å². The molecule has 0 unspecified atom stereocenters. The van der Waals surface area contributed by atoms with E-state index in [1.165, 1.54) is 0 Å². The number of nitrogens with zero attached hydrogens (tertiary/aromatic N) is 3. The minimum Gasteiger partial charge on any atom is -0.379 e. The first-order chi connectivity index (χ1) is 11.9. The molecule has 2 saturated heterocycles. The highest BCUT2D eigenvalue weighted by atomic mass is 16.5. The van der Waals surface area contributed by atoms with Gasteiger partial charge in [-0.25, -0.2) is 0 Å². The largest absolute Gasteiger partial charge is 0.379 e. The highest BCUT2D eigenvalue weighted by Gasteiger charge is 2.48. The molecule has 3 atom stereocenters. The molecular weight excluding hydrogens is 318 g/mol. The molecule has 0 radical (unpaired) electrons. The van der Waals surface area contributed by atoms with Crippen LogP contribution >= 0.6 is 0 Å². The molecule has 4 heterocycles. The summed E-state index contributed by atoms with van der Waals surface area (Å²) in [5.74, 6) is 0.783. The number of carbonyl (C=O) groups excluding carboxylic acids is 1. The predicted octanol–water partition coefficient (Wildman–Crippen LogP) is 0.933. The minimum atomic E-state index is -0.362. The average molecular weight is 345 g/mol. The van der Waals surface area contributed by atoms with Gasteiger partial charge in [0.1, 0.15) is 0 Å². The number of hydrogen-bond acceptors (Lipinski definition) is 4. The maximum Gasteiger partial charge on any atom is 0.251 e. The smallest absolute Gasteiger partial charge is 0.251 e. The highest BCUT2D eigenvalue weighted by Crippen LogP contribution is 2.42. The Morgan fingerprint density at radius 2 is 2.08 bits per heavy atom. The first-order valence-corrected chi connectivity index (χ1v) is 9.12. The summed E-state index contributed by atoms with van der Waals surface area (Å²) in [7, 11) is 4.08. The molecule has 6 nitrogen and oxygen atoms in total. The van der Waals surface area contributed by atoms with Crippen molar-refractivity contribution in [2.75, 3.05) is 46.9 Å². The van der Waals surface area contributed by atoms with Crippen molar-refractivity contribution >= 4 is 5.91 Å². The minimum absolute atomic E-state index is 0.0816. The molecule has 3 aliphatic heterocycles. The highest BCUT2D eigenvalue weighted by molar-refractivity contribution is 5.83. The van der Waals surface area contributed by atoms with E-state index in [4.69, 9.17) is 4.74 Å². The van der Waals surface area contributed by atoms with Gasteiger partial charge in [-0.15, -0.1) is 0 Å². The third-order valence-electron chi connectivity index (χ3n) is 6.00. The summed E-state index contributed by atoms with van der Waals surface area (Å²) in [6, 6.07) is 5.69. The fourth-order valence-electron chi connectivity index (χ4n) is 4.73. The summed E-state index contributed by atoms with van der Waals surface area (Å²) in [6.07, 6.45) is 1.05. The van der Waals surface area contributed by atoms with Gasteiger partial charge in [-0.1, -0.05) is 6.07 Å². The van der Waals surface area contributed by atoms with Crippen LogP contribution in [0.25, 0.3) is 0 Å². The van der Waals surface area contributed by atoms with Gasteiger partial charge in [0.15, 0.2) is 0 Å². The van der Waals surface area contributed by atoms with Crippen LogP contribution in [-0.4, -0.2) is 67.2 Å². The number of rotatable bonds is 3. The van der Waals surface area contributed by atoms with Gasteiger partial charge < -0.3 is 19.1 Å². The van der Waals surface area contributed by atoms with Crippen LogP contribution in [0.1, 0.15) is 31.0 Å². The normalized spacial score (nSPS) is 29.9. The molecule has 3 aliphatic rings. The van der Waals surface area contributed by atoms with Crippen LogP contribution in [0.15, 0.2) is 23.0 Å². The molecule has 1 aromatic rings. The fourth-order valence-corrected chi connectivity index (χ4v) is 4.73. The zero-order valence-corrected chi connectivity index (χ0v) is 15.3. The van der Waals surface area contributed by atoms with Gasteiger partial charge in [-0.3, -0.25) is 9.59 Å².